The van der Waals surface area contributed by atoms with Crippen molar-refractivity contribution in [2.75, 3.05) is 24.2 Å². The van der Waals surface area contributed by atoms with E-state index in [0.717, 1.165) is 40.6 Å². The molecular formula is C30H30N6O3. The Hall–Kier alpha value is -4.50. The van der Waals surface area contributed by atoms with Crippen molar-refractivity contribution in [3.63, 3.8) is 0 Å². The average Bonchev–Trinajstić information content (AvgIpc) is 3.57. The van der Waals surface area contributed by atoms with Crippen molar-refractivity contribution >= 4 is 34.4 Å². The topological polar surface area (TPSA) is 126 Å². The van der Waals surface area contributed by atoms with Gasteiger partial charge in [0.05, 0.1) is 23.2 Å². The maximum absolute atomic E-state index is 13.3. The van der Waals surface area contributed by atoms with Crippen LogP contribution in [0, 0.1) is 5.92 Å². The first-order chi connectivity index (χ1) is 18.7. The van der Waals surface area contributed by atoms with Gasteiger partial charge >= 0.3 is 0 Å². The van der Waals surface area contributed by atoms with Gasteiger partial charge in [0.25, 0.3) is 11.8 Å². The molecule has 2 amide bonds. The lowest BCUT2D eigenvalue weighted by Crippen LogP contribution is -2.51. The lowest BCUT2D eigenvalue weighted by molar-refractivity contribution is -0.112. The van der Waals surface area contributed by atoms with Crippen LogP contribution in [0.5, 0.6) is 0 Å². The number of carbonyl (C=O) groups is 2. The normalized spacial score (nSPS) is 19.7. The number of nitrogens with zero attached hydrogens (tertiary/aromatic N) is 4. The molecule has 2 bridgehead atoms. The molecule has 0 unspecified atom stereocenters. The van der Waals surface area contributed by atoms with E-state index in [-0.39, 0.29) is 18.4 Å². The van der Waals surface area contributed by atoms with E-state index in [9.17, 15) is 14.7 Å². The molecular weight excluding hydrogens is 492 g/mol. The van der Waals surface area contributed by atoms with Crippen LogP contribution in [-0.4, -0.2) is 55.0 Å². The van der Waals surface area contributed by atoms with Gasteiger partial charge in [-0.1, -0.05) is 30.8 Å². The van der Waals surface area contributed by atoms with Crippen LogP contribution < -0.4 is 11.1 Å². The average molecular weight is 523 g/mol. The van der Waals surface area contributed by atoms with Crippen LogP contribution in [-0.2, 0) is 11.8 Å². The molecule has 0 radical (unpaired) electrons. The quantitative estimate of drug-likeness (QED) is 0.329. The lowest BCUT2D eigenvalue weighted by atomic mass is 9.74. The van der Waals surface area contributed by atoms with E-state index < -0.39 is 5.54 Å². The Morgan fingerprint density at radius 1 is 1.10 bits per heavy atom. The van der Waals surface area contributed by atoms with E-state index in [2.05, 4.69) is 21.9 Å². The molecule has 4 heterocycles. The molecule has 2 aliphatic heterocycles. The Kier molecular flexibility index (Phi) is 5.76. The van der Waals surface area contributed by atoms with Gasteiger partial charge in [-0.2, -0.15) is 0 Å². The van der Waals surface area contributed by atoms with Gasteiger partial charge in [0.1, 0.15) is 17.8 Å². The number of amides is 2. The third-order valence-corrected chi connectivity index (χ3v) is 8.11. The van der Waals surface area contributed by atoms with E-state index in [1.807, 2.05) is 65.0 Å². The first-order valence-corrected chi connectivity index (χ1v) is 12.9. The molecule has 39 heavy (non-hydrogen) atoms. The van der Waals surface area contributed by atoms with Crippen LogP contribution in [0.25, 0.3) is 33.4 Å². The molecule has 0 spiro atoms. The molecule has 2 aromatic heterocycles. The third-order valence-electron chi connectivity index (χ3n) is 8.11. The molecule has 3 aliphatic rings. The van der Waals surface area contributed by atoms with Crippen molar-refractivity contribution in [1.29, 1.82) is 0 Å². The molecule has 7 rings (SSSR count). The molecule has 9 nitrogen and oxygen atoms in total. The number of nitrogens with one attached hydrogen (secondary N) is 1. The molecule has 0 atom stereocenters. The SMILES string of the molecule is C=C(C)C(=O)Nc1ccc(-c2c(-c3ccc(C(=O)N4CC5CC4(CO)C5)cc3)c3c(N)ncnc3n2C)cc1. The predicted molar refractivity (Wildman–Crippen MR) is 151 cm³/mol. The van der Waals surface area contributed by atoms with Crippen molar-refractivity contribution < 1.29 is 14.7 Å². The van der Waals surface area contributed by atoms with E-state index in [0.29, 0.717) is 40.8 Å². The molecule has 198 valence electrons. The summed E-state index contributed by atoms with van der Waals surface area (Å²) in [5, 5.41) is 13.5. The second kappa shape index (κ2) is 9.06. The largest absolute Gasteiger partial charge is 0.394 e. The van der Waals surface area contributed by atoms with Crippen molar-refractivity contribution in [2.24, 2.45) is 13.0 Å². The number of rotatable bonds is 6. The minimum Gasteiger partial charge on any atom is -0.394 e. The van der Waals surface area contributed by atoms with Crippen LogP contribution in [0.1, 0.15) is 30.1 Å². The Balaban J connectivity index is 1.40. The van der Waals surface area contributed by atoms with Gasteiger partial charge in [0.15, 0.2) is 0 Å². The molecule has 1 saturated carbocycles. The van der Waals surface area contributed by atoms with Crippen LogP contribution in [0.3, 0.4) is 0 Å². The summed E-state index contributed by atoms with van der Waals surface area (Å²) < 4.78 is 1.98. The Labute approximate surface area is 226 Å². The summed E-state index contributed by atoms with van der Waals surface area (Å²) in [5.74, 6) is 0.567. The van der Waals surface area contributed by atoms with Gasteiger partial charge in [-0.3, -0.25) is 9.59 Å². The van der Waals surface area contributed by atoms with Gasteiger partial charge in [-0.15, -0.1) is 0 Å². The van der Waals surface area contributed by atoms with Crippen molar-refractivity contribution in [1.82, 2.24) is 19.4 Å². The van der Waals surface area contributed by atoms with Gasteiger partial charge in [-0.25, -0.2) is 9.97 Å². The summed E-state index contributed by atoms with van der Waals surface area (Å²) in [6.07, 6.45) is 3.20. The highest BCUT2D eigenvalue weighted by Gasteiger charge is 2.57. The van der Waals surface area contributed by atoms with Gasteiger partial charge in [0.2, 0.25) is 0 Å². The van der Waals surface area contributed by atoms with Crippen molar-refractivity contribution in [2.45, 2.75) is 25.3 Å². The van der Waals surface area contributed by atoms with Crippen LogP contribution in [0.2, 0.25) is 0 Å². The number of nitrogens with two attached hydrogens (primary N) is 1. The predicted octanol–water partition coefficient (Wildman–Crippen LogP) is 4.00. The molecule has 4 N–H and O–H groups in total. The summed E-state index contributed by atoms with van der Waals surface area (Å²) in [6.45, 7) is 6.05. The summed E-state index contributed by atoms with van der Waals surface area (Å²) in [6, 6.07) is 15.0. The number of benzene rings is 2. The number of fused-ring (bicyclic) bond motifs is 2. The minimum absolute atomic E-state index is 0.00162. The first kappa shape index (κ1) is 24.8. The standard InChI is InChI=1S/C30H30N6O3/c1-17(2)28(38)34-22-10-8-20(9-11-22)25-23(24-26(31)32-16-33-27(24)35(25)3)19-4-6-21(7-5-19)29(39)36-14-18-12-30(36,13-18)15-37/h4-11,16,18,37H,1,12-15H2,2-3H3,(H,34,38)(H2,31,32,33). The maximum atomic E-state index is 13.3. The number of nitrogen functional groups attached to an aromatic ring is 1. The summed E-state index contributed by atoms with van der Waals surface area (Å²) in [5.41, 5.74) is 11.9. The van der Waals surface area contributed by atoms with Crippen LogP contribution >= 0.6 is 0 Å². The highest BCUT2D eigenvalue weighted by atomic mass is 16.3. The summed E-state index contributed by atoms with van der Waals surface area (Å²) >= 11 is 0. The number of aryl methyl sites for hydroxylation is 1. The highest BCUT2D eigenvalue weighted by Crippen LogP contribution is 2.50. The van der Waals surface area contributed by atoms with E-state index in [4.69, 9.17) is 5.73 Å². The fourth-order valence-electron chi connectivity index (χ4n) is 6.11. The van der Waals surface area contributed by atoms with Crippen molar-refractivity contribution in [3.8, 4) is 22.4 Å². The second-order valence-electron chi connectivity index (χ2n) is 10.7. The number of anilines is 2. The lowest BCUT2D eigenvalue weighted by Gasteiger charge is -2.40. The van der Waals surface area contributed by atoms with Gasteiger partial charge in [-0.05, 0) is 61.1 Å². The Bertz CT molecular complexity index is 1630. The molecule has 2 saturated heterocycles. The summed E-state index contributed by atoms with van der Waals surface area (Å²) in [4.78, 5) is 36.0. The fourth-order valence-corrected chi connectivity index (χ4v) is 6.11. The highest BCUT2D eigenvalue weighted by molar-refractivity contribution is 6.08. The third kappa shape index (κ3) is 3.88. The van der Waals surface area contributed by atoms with Crippen LogP contribution in [0.4, 0.5) is 11.5 Å². The van der Waals surface area contributed by atoms with Gasteiger partial charge in [0, 0.05) is 36.0 Å². The zero-order valence-corrected chi connectivity index (χ0v) is 21.9. The number of aliphatic hydroxyl groups excluding tert-OH is 1. The number of aromatic nitrogens is 3. The van der Waals surface area contributed by atoms with Crippen molar-refractivity contribution in [3.05, 3.63) is 72.6 Å². The van der Waals surface area contributed by atoms with E-state index >= 15 is 0 Å². The second-order valence-corrected chi connectivity index (χ2v) is 10.7. The monoisotopic (exact) mass is 522 g/mol. The molecule has 9 heteroatoms. The molecule has 1 aliphatic carbocycles. The molecule has 2 aromatic carbocycles. The van der Waals surface area contributed by atoms with Crippen LogP contribution in [0.15, 0.2) is 67.0 Å². The summed E-state index contributed by atoms with van der Waals surface area (Å²) in [7, 11) is 1.93. The Morgan fingerprint density at radius 2 is 1.77 bits per heavy atom. The van der Waals surface area contributed by atoms with E-state index in [1.54, 1.807) is 6.92 Å². The molecule has 3 fully saturated rings. The fraction of sp³-hybridized carbons (Fsp3) is 0.267. The number of aliphatic hydroxyl groups is 1. The Morgan fingerprint density at radius 3 is 2.41 bits per heavy atom. The number of carbonyl (C=O) groups excluding carboxylic acids is 2. The first-order valence-electron chi connectivity index (χ1n) is 12.9. The smallest absolute Gasteiger partial charge is 0.254 e. The molecule has 4 aromatic rings. The minimum atomic E-state index is -0.398. The maximum Gasteiger partial charge on any atom is 0.254 e. The zero-order chi connectivity index (χ0) is 27.5. The van der Waals surface area contributed by atoms with E-state index in [1.165, 1.54) is 6.33 Å². The van der Waals surface area contributed by atoms with Gasteiger partial charge < -0.3 is 25.6 Å². The zero-order valence-electron chi connectivity index (χ0n) is 21.9. The number of hydrogen-bond donors (Lipinski definition) is 3. The number of hydrogen-bond acceptors (Lipinski definition) is 6.